The highest BCUT2D eigenvalue weighted by atomic mass is 19.1. The molecular formula is C21H21FN2O5. The molecule has 0 unspecified atom stereocenters. The van der Waals surface area contributed by atoms with Crippen molar-refractivity contribution in [1.29, 1.82) is 0 Å². The van der Waals surface area contributed by atoms with Crippen molar-refractivity contribution in [1.82, 2.24) is 5.32 Å². The Hall–Kier alpha value is -3.55. The molecule has 0 saturated carbocycles. The molecule has 0 aliphatic carbocycles. The molecule has 2 aromatic carbocycles. The third-order valence-corrected chi connectivity index (χ3v) is 3.81. The molecule has 0 aliphatic rings. The Kier molecular flexibility index (Phi) is 8.02. The fraction of sp³-hybridized carbons (Fsp3) is 0.238. The fourth-order valence-corrected chi connectivity index (χ4v) is 2.35. The van der Waals surface area contributed by atoms with E-state index in [0.29, 0.717) is 17.7 Å². The highest BCUT2D eigenvalue weighted by Crippen LogP contribution is 2.11. The number of amides is 2. The Balaban J connectivity index is 1.77. The van der Waals surface area contributed by atoms with Crippen LogP contribution in [0.3, 0.4) is 0 Å². The summed E-state index contributed by atoms with van der Waals surface area (Å²) in [6, 6.07) is 11.2. The number of anilines is 1. The van der Waals surface area contributed by atoms with Gasteiger partial charge in [-0.3, -0.25) is 19.2 Å². The number of hydrogen-bond donors (Lipinski definition) is 2. The minimum atomic E-state index is -0.799. The maximum Gasteiger partial charge on any atom is 0.325 e. The van der Waals surface area contributed by atoms with E-state index in [1.165, 1.54) is 30.3 Å². The van der Waals surface area contributed by atoms with Crippen LogP contribution >= 0.6 is 0 Å². The van der Waals surface area contributed by atoms with Gasteiger partial charge in [0.25, 0.3) is 5.91 Å². The summed E-state index contributed by atoms with van der Waals surface area (Å²) < 4.78 is 17.9. The largest absolute Gasteiger partial charge is 0.456 e. The summed E-state index contributed by atoms with van der Waals surface area (Å²) in [4.78, 5) is 47.2. The molecule has 0 saturated heterocycles. The van der Waals surface area contributed by atoms with Crippen LogP contribution in [0.5, 0.6) is 0 Å². The molecular weight excluding hydrogens is 379 g/mol. The summed E-state index contributed by atoms with van der Waals surface area (Å²) in [7, 11) is 0. The van der Waals surface area contributed by atoms with E-state index in [0.717, 1.165) is 12.5 Å². The summed E-state index contributed by atoms with van der Waals surface area (Å²) in [6.45, 7) is 0.955. The molecule has 0 radical (unpaired) electrons. The van der Waals surface area contributed by atoms with Gasteiger partial charge >= 0.3 is 5.97 Å². The molecule has 0 spiro atoms. The van der Waals surface area contributed by atoms with Crippen LogP contribution in [0.15, 0.2) is 48.5 Å². The van der Waals surface area contributed by atoms with Crippen molar-refractivity contribution < 1.29 is 28.3 Å². The number of carbonyl (C=O) groups is 4. The zero-order valence-corrected chi connectivity index (χ0v) is 15.9. The summed E-state index contributed by atoms with van der Waals surface area (Å²) >= 11 is 0. The number of nitrogens with one attached hydrogen (secondary N) is 2. The second kappa shape index (κ2) is 10.7. The molecule has 2 amide bonds. The number of rotatable bonds is 9. The molecule has 29 heavy (non-hydrogen) atoms. The van der Waals surface area contributed by atoms with Crippen molar-refractivity contribution in [2.45, 2.75) is 19.8 Å². The molecule has 0 atom stereocenters. The minimum absolute atomic E-state index is 0.0694. The summed E-state index contributed by atoms with van der Waals surface area (Å²) in [6.07, 6.45) is 1.14. The van der Waals surface area contributed by atoms with Gasteiger partial charge < -0.3 is 15.4 Å². The lowest BCUT2D eigenvalue weighted by atomic mass is 10.1. The molecule has 2 N–H and O–H groups in total. The van der Waals surface area contributed by atoms with E-state index in [2.05, 4.69) is 10.6 Å². The van der Waals surface area contributed by atoms with E-state index in [1.54, 1.807) is 12.1 Å². The minimum Gasteiger partial charge on any atom is -0.456 e. The van der Waals surface area contributed by atoms with Crippen molar-refractivity contribution in [3.8, 4) is 0 Å². The predicted molar refractivity (Wildman–Crippen MR) is 104 cm³/mol. The highest BCUT2D eigenvalue weighted by Gasteiger charge is 2.13. The smallest absolute Gasteiger partial charge is 0.325 e. The summed E-state index contributed by atoms with van der Waals surface area (Å²) in [5, 5.41) is 5.00. The van der Waals surface area contributed by atoms with Gasteiger partial charge in [-0.05, 0) is 48.9 Å². The van der Waals surface area contributed by atoms with Crippen molar-refractivity contribution >= 4 is 29.3 Å². The van der Waals surface area contributed by atoms with E-state index < -0.39 is 36.6 Å². The van der Waals surface area contributed by atoms with Crippen LogP contribution in [-0.4, -0.2) is 36.7 Å². The fourth-order valence-electron chi connectivity index (χ4n) is 2.35. The molecule has 2 rings (SSSR count). The van der Waals surface area contributed by atoms with Crippen molar-refractivity contribution in [2.24, 2.45) is 0 Å². The van der Waals surface area contributed by atoms with E-state index in [-0.39, 0.29) is 11.5 Å². The molecule has 0 heterocycles. The van der Waals surface area contributed by atoms with Crippen molar-refractivity contribution in [3.05, 3.63) is 65.5 Å². The monoisotopic (exact) mass is 400 g/mol. The van der Waals surface area contributed by atoms with Gasteiger partial charge in [0.05, 0.1) is 0 Å². The Morgan fingerprint density at radius 2 is 1.72 bits per heavy atom. The zero-order chi connectivity index (χ0) is 21.2. The first-order valence-corrected chi connectivity index (χ1v) is 9.01. The molecule has 152 valence electrons. The molecule has 7 nitrogen and oxygen atoms in total. The average Bonchev–Trinajstić information content (AvgIpc) is 2.71. The molecule has 0 fully saturated rings. The number of benzene rings is 2. The van der Waals surface area contributed by atoms with Gasteiger partial charge in [0.1, 0.15) is 12.4 Å². The number of ketones is 1. The Morgan fingerprint density at radius 3 is 2.38 bits per heavy atom. The van der Waals surface area contributed by atoms with E-state index in [4.69, 9.17) is 4.74 Å². The van der Waals surface area contributed by atoms with Gasteiger partial charge in [0.2, 0.25) is 5.91 Å². The van der Waals surface area contributed by atoms with Crippen molar-refractivity contribution in [3.63, 3.8) is 0 Å². The van der Waals surface area contributed by atoms with Crippen LogP contribution in [0.25, 0.3) is 0 Å². The van der Waals surface area contributed by atoms with Gasteiger partial charge in [-0.1, -0.05) is 13.0 Å². The Bertz CT molecular complexity index is 896. The van der Waals surface area contributed by atoms with Gasteiger partial charge in [-0.25, -0.2) is 4.39 Å². The Morgan fingerprint density at radius 1 is 1.00 bits per heavy atom. The molecule has 8 heteroatoms. The van der Waals surface area contributed by atoms with Crippen LogP contribution in [0.2, 0.25) is 0 Å². The van der Waals surface area contributed by atoms with Gasteiger partial charge in [-0.2, -0.15) is 0 Å². The number of halogens is 1. The lowest BCUT2D eigenvalue weighted by Crippen LogP contribution is -2.31. The predicted octanol–water partition coefficient (Wildman–Crippen LogP) is 2.72. The van der Waals surface area contributed by atoms with Crippen LogP contribution in [-0.2, 0) is 14.3 Å². The van der Waals surface area contributed by atoms with E-state index in [9.17, 15) is 23.6 Å². The quantitative estimate of drug-likeness (QED) is 0.498. The Labute approximate surface area is 167 Å². The first-order chi connectivity index (χ1) is 13.9. The first kappa shape index (κ1) is 21.7. The lowest BCUT2D eigenvalue weighted by molar-refractivity contribution is -0.141. The average molecular weight is 400 g/mol. The summed E-state index contributed by atoms with van der Waals surface area (Å²) in [5.41, 5.74) is 0.951. The SMILES string of the molecule is CCCC(=O)Nc1ccc(C(=O)COC(=O)CNC(=O)c2cccc(F)c2)cc1. The number of hydrogen-bond acceptors (Lipinski definition) is 5. The maximum atomic E-state index is 13.1. The third-order valence-electron chi connectivity index (χ3n) is 3.81. The van der Waals surface area contributed by atoms with Crippen LogP contribution in [0.1, 0.15) is 40.5 Å². The van der Waals surface area contributed by atoms with E-state index >= 15 is 0 Å². The topological polar surface area (TPSA) is 102 Å². The number of carbonyl (C=O) groups excluding carboxylic acids is 4. The van der Waals surface area contributed by atoms with Crippen molar-refractivity contribution in [2.75, 3.05) is 18.5 Å². The normalized spacial score (nSPS) is 10.1. The number of Topliss-reactive ketones (excluding diaryl/α,β-unsaturated/α-hetero) is 1. The van der Waals surface area contributed by atoms with E-state index in [1.807, 2.05) is 6.92 Å². The van der Waals surface area contributed by atoms with Gasteiger partial charge in [0.15, 0.2) is 12.4 Å². The molecule has 2 aromatic rings. The van der Waals surface area contributed by atoms with Crippen LogP contribution < -0.4 is 10.6 Å². The standard InChI is InChI=1S/C21H21FN2O5/c1-2-4-19(26)24-17-9-7-14(8-10-17)18(25)13-29-20(27)12-23-21(28)15-5-3-6-16(22)11-15/h3,5-11H,2,4,12-13H2,1H3,(H,23,28)(H,24,26). The summed E-state index contributed by atoms with van der Waals surface area (Å²) in [5.74, 6) is -2.54. The zero-order valence-electron chi connectivity index (χ0n) is 15.9. The number of ether oxygens (including phenoxy) is 1. The second-order valence-corrected chi connectivity index (χ2v) is 6.15. The maximum absolute atomic E-state index is 13.1. The van der Waals surface area contributed by atoms with Crippen LogP contribution in [0, 0.1) is 5.82 Å². The molecule has 0 aliphatic heterocycles. The number of esters is 1. The van der Waals surface area contributed by atoms with Crippen LogP contribution in [0.4, 0.5) is 10.1 Å². The third kappa shape index (κ3) is 7.17. The van der Waals surface area contributed by atoms with Gasteiger partial charge in [0, 0.05) is 23.2 Å². The second-order valence-electron chi connectivity index (χ2n) is 6.15. The lowest BCUT2D eigenvalue weighted by Gasteiger charge is -2.07. The highest BCUT2D eigenvalue weighted by molar-refractivity contribution is 5.99. The molecule has 0 aromatic heterocycles. The molecule has 0 bridgehead atoms. The first-order valence-electron chi connectivity index (χ1n) is 9.01. The van der Waals surface area contributed by atoms with Gasteiger partial charge in [-0.15, -0.1) is 0 Å².